The van der Waals surface area contributed by atoms with Crippen molar-refractivity contribution in [2.45, 2.75) is 33.2 Å². The van der Waals surface area contributed by atoms with Crippen molar-refractivity contribution in [3.8, 4) is 0 Å². The summed E-state index contributed by atoms with van der Waals surface area (Å²) in [6, 6.07) is 12.2. The molecule has 0 aliphatic carbocycles. The van der Waals surface area contributed by atoms with Crippen molar-refractivity contribution in [1.29, 1.82) is 0 Å². The lowest BCUT2D eigenvalue weighted by Gasteiger charge is -2.26. The number of benzene rings is 2. The largest absolute Gasteiger partial charge is 0.350 e. The number of nitrogens with zero attached hydrogens (tertiary/aromatic N) is 1. The molecule has 2 aromatic rings. The van der Waals surface area contributed by atoms with Crippen LogP contribution in [0.25, 0.3) is 0 Å². The molecule has 1 unspecified atom stereocenters. The van der Waals surface area contributed by atoms with E-state index in [0.29, 0.717) is 11.4 Å². The number of carbonyl (C=O) groups is 3. The quantitative estimate of drug-likeness (QED) is 0.632. The summed E-state index contributed by atoms with van der Waals surface area (Å²) >= 11 is 0. The van der Waals surface area contributed by atoms with E-state index >= 15 is 0 Å². The molecule has 172 valence electrons. The smallest absolute Gasteiger partial charge is 0.240 e. The maximum atomic E-state index is 13.3. The van der Waals surface area contributed by atoms with Gasteiger partial charge in [-0.2, -0.15) is 0 Å². The van der Waals surface area contributed by atoms with Crippen molar-refractivity contribution < 1.29 is 23.0 Å². The molecular weight excluding hydrogens is 433 g/mol. The fourth-order valence-electron chi connectivity index (χ4n) is 2.79. The zero-order chi connectivity index (χ0) is 23.9. The van der Waals surface area contributed by atoms with Gasteiger partial charge in [0.15, 0.2) is 0 Å². The maximum absolute atomic E-state index is 13.3. The third-order valence-corrected chi connectivity index (χ3v) is 5.32. The first-order chi connectivity index (χ1) is 14.9. The first kappa shape index (κ1) is 25.2. The van der Waals surface area contributed by atoms with Gasteiger partial charge in [0.05, 0.1) is 0 Å². The van der Waals surface area contributed by atoms with Gasteiger partial charge in [0.1, 0.15) is 23.9 Å². The summed E-state index contributed by atoms with van der Waals surface area (Å²) in [4.78, 5) is 38.5. The molecule has 32 heavy (non-hydrogen) atoms. The standard InChI is InChI=1S/C23H28FN3O4S/c1-16-5-9-18(10-6-16)25-21(29)14-32(31)15-22(30)27(13-20(28)26-23(2,3)4)19-11-7-17(24)8-12-19/h5-12H,13-15H2,1-4H3,(H,25,29)(H,26,28). The van der Waals surface area contributed by atoms with Crippen LogP contribution in [0, 0.1) is 12.7 Å². The molecule has 2 rings (SSSR count). The van der Waals surface area contributed by atoms with Gasteiger partial charge < -0.3 is 15.5 Å². The number of anilines is 2. The van der Waals surface area contributed by atoms with Gasteiger partial charge in [-0.1, -0.05) is 17.7 Å². The second-order valence-electron chi connectivity index (χ2n) is 8.40. The molecule has 0 aliphatic heterocycles. The molecular formula is C23H28FN3O4S. The van der Waals surface area contributed by atoms with Gasteiger partial charge in [0.2, 0.25) is 17.7 Å². The van der Waals surface area contributed by atoms with E-state index < -0.39 is 45.6 Å². The zero-order valence-electron chi connectivity index (χ0n) is 18.6. The summed E-state index contributed by atoms with van der Waals surface area (Å²) in [5.41, 5.74) is 1.39. The average Bonchev–Trinajstić information content (AvgIpc) is 2.67. The molecule has 0 saturated heterocycles. The van der Waals surface area contributed by atoms with Gasteiger partial charge in [-0.3, -0.25) is 18.6 Å². The average molecular weight is 462 g/mol. The second kappa shape index (κ2) is 11.0. The third kappa shape index (κ3) is 8.58. The van der Waals surface area contributed by atoms with Crippen LogP contribution in [-0.2, 0) is 25.2 Å². The molecule has 0 radical (unpaired) electrons. The SMILES string of the molecule is Cc1ccc(NC(=O)CS(=O)CC(=O)N(CC(=O)NC(C)(C)C)c2ccc(F)cc2)cc1. The Morgan fingerprint density at radius 1 is 0.938 bits per heavy atom. The zero-order valence-corrected chi connectivity index (χ0v) is 19.4. The summed E-state index contributed by atoms with van der Waals surface area (Å²) in [6.45, 7) is 7.00. The van der Waals surface area contributed by atoms with E-state index in [-0.39, 0.29) is 12.3 Å². The summed E-state index contributed by atoms with van der Waals surface area (Å²) in [7, 11) is -1.80. The van der Waals surface area contributed by atoms with Crippen molar-refractivity contribution in [2.75, 3.05) is 28.3 Å². The number of carbonyl (C=O) groups excluding carboxylic acids is 3. The van der Waals surface area contributed by atoms with E-state index in [2.05, 4.69) is 10.6 Å². The van der Waals surface area contributed by atoms with Gasteiger partial charge in [-0.05, 0) is 64.1 Å². The number of amides is 3. The van der Waals surface area contributed by atoms with E-state index in [1.807, 2.05) is 19.1 Å². The van der Waals surface area contributed by atoms with Crippen molar-refractivity contribution >= 4 is 39.9 Å². The van der Waals surface area contributed by atoms with Crippen LogP contribution in [0.3, 0.4) is 0 Å². The van der Waals surface area contributed by atoms with Crippen LogP contribution in [0.5, 0.6) is 0 Å². The van der Waals surface area contributed by atoms with E-state index in [9.17, 15) is 23.0 Å². The molecule has 0 spiro atoms. The Kier molecular flexibility index (Phi) is 8.65. The number of rotatable bonds is 8. The second-order valence-corrected chi connectivity index (χ2v) is 9.85. The van der Waals surface area contributed by atoms with Crippen LogP contribution in [0.2, 0.25) is 0 Å². The van der Waals surface area contributed by atoms with Gasteiger partial charge in [0.25, 0.3) is 0 Å². The highest BCUT2D eigenvalue weighted by atomic mass is 32.2. The summed E-state index contributed by atoms with van der Waals surface area (Å²) < 4.78 is 25.8. The molecule has 0 bridgehead atoms. The lowest BCUT2D eigenvalue weighted by atomic mass is 10.1. The third-order valence-electron chi connectivity index (χ3n) is 4.17. The minimum atomic E-state index is -1.80. The molecule has 3 amide bonds. The first-order valence-electron chi connectivity index (χ1n) is 10.0. The van der Waals surface area contributed by atoms with Crippen LogP contribution in [0.1, 0.15) is 26.3 Å². The lowest BCUT2D eigenvalue weighted by Crippen LogP contribution is -2.48. The van der Waals surface area contributed by atoms with E-state index in [1.165, 1.54) is 24.3 Å². The molecule has 1 atom stereocenters. The Balaban J connectivity index is 2.04. The minimum Gasteiger partial charge on any atom is -0.350 e. The fraction of sp³-hybridized carbons (Fsp3) is 0.348. The van der Waals surface area contributed by atoms with Gasteiger partial charge >= 0.3 is 0 Å². The number of hydrogen-bond donors (Lipinski definition) is 2. The highest BCUT2D eigenvalue weighted by Crippen LogP contribution is 2.16. The number of nitrogens with one attached hydrogen (secondary N) is 2. The summed E-state index contributed by atoms with van der Waals surface area (Å²) in [5, 5.41) is 5.39. The van der Waals surface area contributed by atoms with E-state index in [1.54, 1.807) is 32.9 Å². The van der Waals surface area contributed by atoms with E-state index in [0.717, 1.165) is 10.5 Å². The van der Waals surface area contributed by atoms with Gasteiger partial charge in [-0.25, -0.2) is 4.39 Å². The highest BCUT2D eigenvalue weighted by Gasteiger charge is 2.24. The van der Waals surface area contributed by atoms with Gasteiger partial charge in [-0.15, -0.1) is 0 Å². The molecule has 2 aromatic carbocycles. The Labute approximate surface area is 189 Å². The molecule has 2 N–H and O–H groups in total. The number of hydrogen-bond acceptors (Lipinski definition) is 4. The Morgan fingerprint density at radius 3 is 2.09 bits per heavy atom. The van der Waals surface area contributed by atoms with Crippen LogP contribution in [0.15, 0.2) is 48.5 Å². The van der Waals surface area contributed by atoms with E-state index in [4.69, 9.17) is 0 Å². The van der Waals surface area contributed by atoms with Crippen molar-refractivity contribution in [3.63, 3.8) is 0 Å². The van der Waals surface area contributed by atoms with Crippen molar-refractivity contribution in [1.82, 2.24) is 5.32 Å². The van der Waals surface area contributed by atoms with Gasteiger partial charge in [0, 0.05) is 27.7 Å². The molecule has 0 fully saturated rings. The molecule has 0 aromatic heterocycles. The predicted molar refractivity (Wildman–Crippen MR) is 124 cm³/mol. The molecule has 7 nitrogen and oxygen atoms in total. The lowest BCUT2D eigenvalue weighted by molar-refractivity contribution is -0.124. The topological polar surface area (TPSA) is 95.6 Å². The monoisotopic (exact) mass is 461 g/mol. The van der Waals surface area contributed by atoms with Crippen LogP contribution < -0.4 is 15.5 Å². The van der Waals surface area contributed by atoms with Crippen LogP contribution in [0.4, 0.5) is 15.8 Å². The first-order valence-corrected chi connectivity index (χ1v) is 11.5. The molecule has 0 saturated carbocycles. The summed E-state index contributed by atoms with van der Waals surface area (Å²) in [5.74, 6) is -2.83. The van der Waals surface area contributed by atoms with Crippen LogP contribution in [-0.4, -0.2) is 45.5 Å². The number of aryl methyl sites for hydroxylation is 1. The van der Waals surface area contributed by atoms with Crippen molar-refractivity contribution in [2.24, 2.45) is 0 Å². The summed E-state index contributed by atoms with van der Waals surface area (Å²) in [6.07, 6.45) is 0. The Hall–Kier alpha value is -3.07. The molecule has 9 heteroatoms. The number of halogens is 1. The molecule has 0 heterocycles. The maximum Gasteiger partial charge on any atom is 0.240 e. The fourth-order valence-corrected chi connectivity index (χ4v) is 3.69. The highest BCUT2D eigenvalue weighted by molar-refractivity contribution is 7.86. The normalized spacial score (nSPS) is 12.0. The van der Waals surface area contributed by atoms with Crippen LogP contribution >= 0.6 is 0 Å². The minimum absolute atomic E-state index is 0.293. The predicted octanol–water partition coefficient (Wildman–Crippen LogP) is 2.77. The Morgan fingerprint density at radius 2 is 1.53 bits per heavy atom. The Bertz CT molecular complexity index is 986. The van der Waals surface area contributed by atoms with Crippen molar-refractivity contribution in [3.05, 3.63) is 59.9 Å². The molecule has 0 aliphatic rings.